The molecular weight excluding hydrogens is 246 g/mol. The second-order valence-corrected chi connectivity index (χ2v) is 4.86. The Morgan fingerprint density at radius 2 is 2.11 bits per heavy atom. The molecule has 7 heteroatoms. The van der Waals surface area contributed by atoms with Gasteiger partial charge in [-0.3, -0.25) is 4.79 Å². The summed E-state index contributed by atoms with van der Waals surface area (Å²) in [6.45, 7) is 3.22. The zero-order valence-electron chi connectivity index (χ0n) is 10.7. The maximum absolute atomic E-state index is 11.5. The number of H-pyrrole nitrogens is 1. The highest BCUT2D eigenvalue weighted by molar-refractivity contribution is 5.78. The number of nitrogens with zero attached hydrogens (tertiary/aromatic N) is 4. The Bertz CT molecular complexity index is 666. The molecule has 0 unspecified atom stereocenters. The zero-order valence-corrected chi connectivity index (χ0v) is 10.7. The summed E-state index contributed by atoms with van der Waals surface area (Å²) >= 11 is 0. The lowest BCUT2D eigenvalue weighted by Crippen LogP contribution is -2.36. The van der Waals surface area contributed by atoms with E-state index in [1.807, 2.05) is 6.07 Å². The van der Waals surface area contributed by atoms with Gasteiger partial charge in [0, 0.05) is 19.0 Å². The zero-order chi connectivity index (χ0) is 13.4. The van der Waals surface area contributed by atoms with Crippen LogP contribution in [0.25, 0.3) is 5.65 Å². The summed E-state index contributed by atoms with van der Waals surface area (Å²) in [5, 5.41) is 10.5. The van der Waals surface area contributed by atoms with Gasteiger partial charge in [-0.1, -0.05) is 0 Å². The van der Waals surface area contributed by atoms with Gasteiger partial charge in [-0.05, 0) is 31.9 Å². The van der Waals surface area contributed by atoms with Gasteiger partial charge in [-0.25, -0.2) is 9.89 Å². The Kier molecular flexibility index (Phi) is 2.81. The van der Waals surface area contributed by atoms with Crippen molar-refractivity contribution in [1.82, 2.24) is 19.8 Å². The lowest BCUT2D eigenvalue weighted by atomic mass is 9.93. The Hall–Kier alpha value is -2.18. The van der Waals surface area contributed by atoms with E-state index in [1.54, 1.807) is 13.0 Å². The van der Waals surface area contributed by atoms with Crippen molar-refractivity contribution in [3.8, 4) is 0 Å². The van der Waals surface area contributed by atoms with Crippen molar-refractivity contribution in [3.63, 3.8) is 0 Å². The number of nitrogens with one attached hydrogen (secondary N) is 1. The van der Waals surface area contributed by atoms with Crippen molar-refractivity contribution in [2.45, 2.75) is 19.8 Å². The highest BCUT2D eigenvalue weighted by atomic mass is 16.2. The van der Waals surface area contributed by atoms with E-state index >= 15 is 0 Å². The number of rotatable bonds is 2. The van der Waals surface area contributed by atoms with Crippen molar-refractivity contribution in [1.29, 1.82) is 0 Å². The first-order valence-corrected chi connectivity index (χ1v) is 6.35. The normalized spacial score (nSPS) is 17.0. The third-order valence-corrected chi connectivity index (χ3v) is 3.65. The quantitative estimate of drug-likeness (QED) is 0.836. The first-order chi connectivity index (χ1) is 9.15. The van der Waals surface area contributed by atoms with Gasteiger partial charge in [0.15, 0.2) is 5.65 Å². The maximum Gasteiger partial charge on any atom is 0.364 e. The summed E-state index contributed by atoms with van der Waals surface area (Å²) < 4.78 is 1.26. The largest absolute Gasteiger partial charge is 0.364 e. The molecule has 7 nitrogen and oxygen atoms in total. The van der Waals surface area contributed by atoms with Gasteiger partial charge < -0.3 is 4.90 Å². The summed E-state index contributed by atoms with van der Waals surface area (Å²) in [5.74, 6) is 1.17. The Morgan fingerprint density at radius 3 is 2.79 bits per heavy atom. The molecule has 2 aromatic rings. The Labute approximate surface area is 109 Å². The standard InChI is InChI=1S/C12H15N5O2/c1-8(18)9-4-6-16(7-5-9)11-3-2-10-13-14-12(19)17(10)15-11/h2-3,9H,4-7H2,1H3,(H,14,19). The Morgan fingerprint density at radius 1 is 1.37 bits per heavy atom. The summed E-state index contributed by atoms with van der Waals surface area (Å²) in [6.07, 6.45) is 1.69. The fourth-order valence-corrected chi connectivity index (χ4v) is 2.48. The number of hydrogen-bond donors (Lipinski definition) is 1. The number of piperidine rings is 1. The monoisotopic (exact) mass is 261 g/mol. The number of carbonyl (C=O) groups is 1. The molecule has 0 atom stereocenters. The third-order valence-electron chi connectivity index (χ3n) is 3.65. The molecule has 0 aliphatic carbocycles. The Balaban J connectivity index is 1.83. The third kappa shape index (κ3) is 2.11. The molecule has 0 aromatic carbocycles. The number of anilines is 1. The van der Waals surface area contributed by atoms with Crippen LogP contribution in [0.5, 0.6) is 0 Å². The van der Waals surface area contributed by atoms with Gasteiger partial charge in [-0.15, -0.1) is 5.10 Å². The molecule has 1 saturated heterocycles. The van der Waals surface area contributed by atoms with Crippen LogP contribution >= 0.6 is 0 Å². The molecule has 0 radical (unpaired) electrons. The highest BCUT2D eigenvalue weighted by Crippen LogP contribution is 2.22. The smallest absolute Gasteiger partial charge is 0.355 e. The molecule has 0 amide bonds. The van der Waals surface area contributed by atoms with Crippen molar-refractivity contribution >= 4 is 17.2 Å². The number of ketones is 1. The van der Waals surface area contributed by atoms with Crippen LogP contribution < -0.4 is 10.6 Å². The maximum atomic E-state index is 11.5. The molecule has 1 N–H and O–H groups in total. The van der Waals surface area contributed by atoms with E-state index in [0.717, 1.165) is 31.7 Å². The molecule has 3 rings (SSSR count). The van der Waals surface area contributed by atoms with E-state index in [4.69, 9.17) is 0 Å². The number of aromatic nitrogens is 4. The van der Waals surface area contributed by atoms with Crippen molar-refractivity contribution in [2.75, 3.05) is 18.0 Å². The van der Waals surface area contributed by atoms with Crippen LogP contribution in [0.1, 0.15) is 19.8 Å². The molecule has 2 aromatic heterocycles. The number of carbonyl (C=O) groups excluding carboxylic acids is 1. The van der Waals surface area contributed by atoms with Gasteiger partial charge >= 0.3 is 5.69 Å². The van der Waals surface area contributed by atoms with Crippen molar-refractivity contribution in [2.24, 2.45) is 5.92 Å². The van der Waals surface area contributed by atoms with E-state index in [9.17, 15) is 9.59 Å². The van der Waals surface area contributed by atoms with E-state index < -0.39 is 0 Å². The SMILES string of the molecule is CC(=O)C1CCN(c2ccc3n[nH]c(=O)n3n2)CC1. The lowest BCUT2D eigenvalue weighted by Gasteiger charge is -2.31. The topological polar surface area (TPSA) is 83.4 Å². The number of aromatic amines is 1. The first kappa shape index (κ1) is 11.9. The average Bonchev–Trinajstić information content (AvgIpc) is 2.80. The molecule has 19 heavy (non-hydrogen) atoms. The van der Waals surface area contributed by atoms with Gasteiger partial charge in [-0.2, -0.15) is 9.61 Å². The first-order valence-electron chi connectivity index (χ1n) is 6.35. The molecule has 0 saturated carbocycles. The van der Waals surface area contributed by atoms with Crippen LogP contribution in [0.2, 0.25) is 0 Å². The van der Waals surface area contributed by atoms with Gasteiger partial charge in [0.1, 0.15) is 11.6 Å². The molecule has 0 spiro atoms. The van der Waals surface area contributed by atoms with E-state index in [1.165, 1.54) is 4.52 Å². The van der Waals surface area contributed by atoms with E-state index in [-0.39, 0.29) is 17.4 Å². The van der Waals surface area contributed by atoms with Gasteiger partial charge in [0.25, 0.3) is 0 Å². The second-order valence-electron chi connectivity index (χ2n) is 4.86. The van der Waals surface area contributed by atoms with Crippen LogP contribution in [-0.2, 0) is 4.79 Å². The van der Waals surface area contributed by atoms with Crippen LogP contribution in [0.4, 0.5) is 5.82 Å². The minimum absolute atomic E-state index is 0.164. The van der Waals surface area contributed by atoms with Gasteiger partial charge in [0.05, 0.1) is 0 Å². The van der Waals surface area contributed by atoms with Crippen LogP contribution in [0, 0.1) is 5.92 Å². The van der Waals surface area contributed by atoms with Crippen molar-refractivity contribution in [3.05, 3.63) is 22.6 Å². The fourth-order valence-electron chi connectivity index (χ4n) is 2.48. The predicted octanol–water partition coefficient (Wildman–Crippen LogP) is 0.223. The number of hydrogen-bond acceptors (Lipinski definition) is 5. The second kappa shape index (κ2) is 4.49. The fraction of sp³-hybridized carbons (Fsp3) is 0.500. The minimum atomic E-state index is -0.338. The lowest BCUT2D eigenvalue weighted by molar-refractivity contribution is -0.121. The predicted molar refractivity (Wildman–Crippen MR) is 69.2 cm³/mol. The molecule has 1 aliphatic rings. The van der Waals surface area contributed by atoms with Gasteiger partial charge in [0.2, 0.25) is 0 Å². The highest BCUT2D eigenvalue weighted by Gasteiger charge is 2.23. The molecule has 100 valence electrons. The molecule has 0 bridgehead atoms. The van der Waals surface area contributed by atoms with Crippen LogP contribution in [-0.4, -0.2) is 38.7 Å². The number of fused-ring (bicyclic) bond motifs is 1. The molecular formula is C12H15N5O2. The van der Waals surface area contributed by atoms with Crippen molar-refractivity contribution < 1.29 is 4.79 Å². The summed E-state index contributed by atoms with van der Waals surface area (Å²) in [7, 11) is 0. The summed E-state index contributed by atoms with van der Waals surface area (Å²) in [6, 6.07) is 3.61. The average molecular weight is 261 g/mol. The van der Waals surface area contributed by atoms with E-state index in [0.29, 0.717) is 5.65 Å². The molecule has 1 fully saturated rings. The van der Waals surface area contributed by atoms with Crippen LogP contribution in [0.15, 0.2) is 16.9 Å². The molecule has 3 heterocycles. The van der Waals surface area contributed by atoms with Crippen LogP contribution in [0.3, 0.4) is 0 Å². The number of Topliss-reactive ketones (excluding diaryl/α,β-unsaturated/α-hetero) is 1. The van der Waals surface area contributed by atoms with E-state index in [2.05, 4.69) is 20.2 Å². The minimum Gasteiger partial charge on any atom is -0.355 e. The molecule has 1 aliphatic heterocycles. The summed E-state index contributed by atoms with van der Waals surface area (Å²) in [5.41, 5.74) is 0.169. The summed E-state index contributed by atoms with van der Waals surface area (Å²) in [4.78, 5) is 24.9.